The van der Waals surface area contributed by atoms with Crippen molar-refractivity contribution in [1.29, 1.82) is 0 Å². The Morgan fingerprint density at radius 1 is 1.30 bits per heavy atom. The minimum atomic E-state index is -0.0472. The summed E-state index contributed by atoms with van der Waals surface area (Å²) >= 11 is 0. The van der Waals surface area contributed by atoms with Crippen molar-refractivity contribution in [2.24, 2.45) is 11.7 Å². The van der Waals surface area contributed by atoms with Crippen LogP contribution in [0.15, 0.2) is 18.2 Å². The van der Waals surface area contributed by atoms with Gasteiger partial charge in [0.15, 0.2) is 0 Å². The standard InChI is InChI=1S/C18H27N3O2/c1-11-10-20(7-8-23-11)15-5-6-17-16(9-15)18(19)12(2)13(3)21(17)14(4)22/h5-6,9,11-13,18H,7-8,10,19H2,1-4H3. The normalized spacial score (nSPS) is 31.0. The fraction of sp³-hybridized carbons (Fsp3) is 0.611. The average Bonchev–Trinajstić information content (AvgIpc) is 2.52. The van der Waals surface area contributed by atoms with Crippen LogP contribution in [0, 0.1) is 5.92 Å². The lowest BCUT2D eigenvalue weighted by atomic mass is 9.83. The number of carbonyl (C=O) groups excluding carboxylic acids is 1. The highest BCUT2D eigenvalue weighted by atomic mass is 16.5. The molecule has 0 aliphatic carbocycles. The zero-order chi connectivity index (χ0) is 16.7. The van der Waals surface area contributed by atoms with E-state index in [0.29, 0.717) is 0 Å². The highest BCUT2D eigenvalue weighted by Gasteiger charge is 2.36. The number of nitrogens with two attached hydrogens (primary N) is 1. The number of nitrogens with zero attached hydrogens (tertiary/aromatic N) is 2. The van der Waals surface area contributed by atoms with Crippen molar-refractivity contribution in [2.45, 2.75) is 45.9 Å². The lowest BCUT2D eigenvalue weighted by Gasteiger charge is -2.43. The second kappa shape index (κ2) is 6.13. The Morgan fingerprint density at radius 3 is 2.70 bits per heavy atom. The maximum Gasteiger partial charge on any atom is 0.224 e. The Labute approximate surface area is 138 Å². The van der Waals surface area contributed by atoms with E-state index in [1.165, 1.54) is 5.69 Å². The highest BCUT2D eigenvalue weighted by Crippen LogP contribution is 2.41. The monoisotopic (exact) mass is 317 g/mol. The Kier molecular flexibility index (Phi) is 4.34. The van der Waals surface area contributed by atoms with Crippen LogP contribution < -0.4 is 15.5 Å². The first kappa shape index (κ1) is 16.3. The van der Waals surface area contributed by atoms with E-state index in [4.69, 9.17) is 10.5 Å². The molecule has 4 atom stereocenters. The number of fused-ring (bicyclic) bond motifs is 1. The molecule has 1 saturated heterocycles. The molecule has 5 nitrogen and oxygen atoms in total. The van der Waals surface area contributed by atoms with Crippen LogP contribution in [0.4, 0.5) is 11.4 Å². The fourth-order valence-corrected chi connectivity index (χ4v) is 3.77. The number of anilines is 2. The summed E-state index contributed by atoms with van der Waals surface area (Å²) in [7, 11) is 0. The molecule has 0 bridgehead atoms. The molecule has 4 unspecified atom stereocenters. The van der Waals surface area contributed by atoms with Gasteiger partial charge < -0.3 is 20.3 Å². The van der Waals surface area contributed by atoms with Gasteiger partial charge in [-0.05, 0) is 43.5 Å². The van der Waals surface area contributed by atoms with Gasteiger partial charge in [-0.15, -0.1) is 0 Å². The van der Waals surface area contributed by atoms with Gasteiger partial charge in [0.1, 0.15) is 0 Å². The van der Waals surface area contributed by atoms with Crippen LogP contribution in [0.1, 0.15) is 39.3 Å². The van der Waals surface area contributed by atoms with Crippen LogP contribution in [-0.4, -0.2) is 37.7 Å². The maximum atomic E-state index is 12.1. The number of hydrogen-bond acceptors (Lipinski definition) is 4. The molecule has 2 aliphatic heterocycles. The van der Waals surface area contributed by atoms with E-state index >= 15 is 0 Å². The van der Waals surface area contributed by atoms with Gasteiger partial charge in [0.25, 0.3) is 0 Å². The van der Waals surface area contributed by atoms with Gasteiger partial charge in [-0.25, -0.2) is 0 Å². The predicted octanol–water partition coefficient (Wildman–Crippen LogP) is 2.30. The van der Waals surface area contributed by atoms with Crippen LogP contribution in [0.3, 0.4) is 0 Å². The molecule has 0 aromatic heterocycles. The molecule has 1 amide bonds. The number of hydrogen-bond donors (Lipinski definition) is 1. The van der Waals surface area contributed by atoms with E-state index in [2.05, 4.69) is 43.9 Å². The summed E-state index contributed by atoms with van der Waals surface area (Å²) in [6, 6.07) is 6.38. The number of ether oxygens (including phenoxy) is 1. The summed E-state index contributed by atoms with van der Waals surface area (Å²) in [4.78, 5) is 16.3. The van der Waals surface area contributed by atoms with Crippen LogP contribution >= 0.6 is 0 Å². The minimum absolute atomic E-state index is 0.0472. The van der Waals surface area contributed by atoms with E-state index < -0.39 is 0 Å². The predicted molar refractivity (Wildman–Crippen MR) is 92.8 cm³/mol. The second-order valence-corrected chi connectivity index (χ2v) is 6.89. The topological polar surface area (TPSA) is 58.8 Å². The third kappa shape index (κ3) is 2.83. The van der Waals surface area contributed by atoms with Crippen molar-refractivity contribution in [3.63, 3.8) is 0 Å². The molecule has 126 valence electrons. The van der Waals surface area contributed by atoms with Crippen molar-refractivity contribution in [1.82, 2.24) is 0 Å². The summed E-state index contributed by atoms with van der Waals surface area (Å²) in [5.41, 5.74) is 9.68. The Hall–Kier alpha value is -1.59. The van der Waals surface area contributed by atoms with Crippen LogP contribution in [0.2, 0.25) is 0 Å². The van der Waals surface area contributed by atoms with E-state index in [1.54, 1.807) is 6.92 Å². The Balaban J connectivity index is 1.99. The van der Waals surface area contributed by atoms with Gasteiger partial charge in [0.05, 0.1) is 12.7 Å². The highest BCUT2D eigenvalue weighted by molar-refractivity contribution is 5.94. The number of carbonyl (C=O) groups is 1. The van der Waals surface area contributed by atoms with Crippen LogP contribution in [-0.2, 0) is 9.53 Å². The molecule has 2 heterocycles. The molecule has 5 heteroatoms. The van der Waals surface area contributed by atoms with Gasteiger partial charge in [-0.3, -0.25) is 4.79 Å². The quantitative estimate of drug-likeness (QED) is 0.863. The van der Waals surface area contributed by atoms with E-state index in [9.17, 15) is 4.79 Å². The van der Waals surface area contributed by atoms with E-state index in [-0.39, 0.29) is 30.0 Å². The fourth-order valence-electron chi connectivity index (χ4n) is 3.77. The first-order chi connectivity index (χ1) is 10.9. The third-order valence-corrected chi connectivity index (χ3v) is 5.31. The molecule has 1 aromatic rings. The van der Waals surface area contributed by atoms with Gasteiger partial charge in [0, 0.05) is 43.5 Å². The van der Waals surface area contributed by atoms with Gasteiger partial charge in [0.2, 0.25) is 5.91 Å². The first-order valence-corrected chi connectivity index (χ1v) is 8.46. The summed E-state index contributed by atoms with van der Waals surface area (Å²) in [6.07, 6.45) is 0.237. The largest absolute Gasteiger partial charge is 0.375 e. The number of benzene rings is 1. The molecule has 23 heavy (non-hydrogen) atoms. The SMILES string of the molecule is CC(=O)N1c2ccc(N3CCOC(C)C3)cc2C(N)C(C)C1C. The third-order valence-electron chi connectivity index (χ3n) is 5.31. The molecule has 2 N–H and O–H groups in total. The second-order valence-electron chi connectivity index (χ2n) is 6.89. The van der Waals surface area contributed by atoms with Crippen molar-refractivity contribution in [3.05, 3.63) is 23.8 Å². The molecule has 1 aromatic carbocycles. The zero-order valence-electron chi connectivity index (χ0n) is 14.5. The maximum absolute atomic E-state index is 12.1. The van der Waals surface area contributed by atoms with Crippen LogP contribution in [0.5, 0.6) is 0 Å². The number of rotatable bonds is 1. The molecular formula is C18H27N3O2. The molecule has 0 saturated carbocycles. The minimum Gasteiger partial charge on any atom is -0.375 e. The molecular weight excluding hydrogens is 290 g/mol. The summed E-state index contributed by atoms with van der Waals surface area (Å²) < 4.78 is 5.62. The molecule has 0 radical (unpaired) electrons. The van der Waals surface area contributed by atoms with Gasteiger partial charge in [-0.2, -0.15) is 0 Å². The van der Waals surface area contributed by atoms with Crippen molar-refractivity contribution < 1.29 is 9.53 Å². The first-order valence-electron chi connectivity index (χ1n) is 8.46. The smallest absolute Gasteiger partial charge is 0.224 e. The Morgan fingerprint density at radius 2 is 2.04 bits per heavy atom. The zero-order valence-corrected chi connectivity index (χ0v) is 14.5. The van der Waals surface area contributed by atoms with Crippen molar-refractivity contribution in [2.75, 3.05) is 29.5 Å². The number of amides is 1. The molecule has 0 spiro atoms. The van der Waals surface area contributed by atoms with Crippen LogP contribution in [0.25, 0.3) is 0 Å². The molecule has 2 aliphatic rings. The average molecular weight is 317 g/mol. The Bertz CT molecular complexity index is 604. The van der Waals surface area contributed by atoms with E-state index in [0.717, 1.165) is 30.9 Å². The van der Waals surface area contributed by atoms with Crippen molar-refractivity contribution >= 4 is 17.3 Å². The lowest BCUT2D eigenvalue weighted by molar-refractivity contribution is -0.117. The molecule has 3 rings (SSSR count). The van der Waals surface area contributed by atoms with E-state index in [1.807, 2.05) is 4.90 Å². The summed E-state index contributed by atoms with van der Waals surface area (Å²) in [6.45, 7) is 10.4. The summed E-state index contributed by atoms with van der Waals surface area (Å²) in [5, 5.41) is 0. The van der Waals surface area contributed by atoms with Crippen molar-refractivity contribution in [3.8, 4) is 0 Å². The number of morpholine rings is 1. The molecule has 1 fully saturated rings. The van der Waals surface area contributed by atoms with Gasteiger partial charge in [-0.1, -0.05) is 6.92 Å². The summed E-state index contributed by atoms with van der Waals surface area (Å²) in [5.74, 6) is 0.301. The van der Waals surface area contributed by atoms with Gasteiger partial charge >= 0.3 is 0 Å². The lowest BCUT2D eigenvalue weighted by Crippen LogP contribution is -2.49.